The van der Waals surface area contributed by atoms with Gasteiger partial charge in [0.05, 0.1) is 17.5 Å². The Labute approximate surface area is 171 Å². The van der Waals surface area contributed by atoms with Crippen LogP contribution in [0.25, 0.3) is 11.1 Å². The maximum Gasteiger partial charge on any atom is 0.256 e. The van der Waals surface area contributed by atoms with E-state index in [0.717, 1.165) is 16.8 Å². The predicted octanol–water partition coefficient (Wildman–Crippen LogP) is 5.87. The lowest BCUT2D eigenvalue weighted by molar-refractivity contribution is 0.107. The molecule has 3 rings (SSSR count). The van der Waals surface area contributed by atoms with Crippen LogP contribution in [0.5, 0.6) is 0 Å². The summed E-state index contributed by atoms with van der Waals surface area (Å²) in [6.07, 6.45) is 2.84. The van der Waals surface area contributed by atoms with Crippen LogP contribution in [0.1, 0.15) is 61.0 Å². The highest BCUT2D eigenvalue weighted by atomic mass is 16.1. The van der Waals surface area contributed by atoms with Gasteiger partial charge in [-0.15, -0.1) is 0 Å². The largest absolute Gasteiger partial charge is 0.329 e. The number of ketones is 1. The average Bonchev–Trinajstić information content (AvgIpc) is 2.71. The number of pyridine rings is 1. The van der Waals surface area contributed by atoms with Gasteiger partial charge in [0, 0.05) is 11.8 Å². The molecule has 148 valence electrons. The molecule has 0 atom stereocenters. The molecule has 0 saturated heterocycles. The topological polar surface area (TPSA) is 62.3 Å². The zero-order chi connectivity index (χ0) is 21.0. The summed E-state index contributed by atoms with van der Waals surface area (Å²) in [6, 6.07) is 17.0. The number of hydrogen-bond donors (Lipinski definition) is 1. The van der Waals surface area contributed by atoms with E-state index in [1.165, 1.54) is 12.4 Å². The molecule has 1 N–H and O–H groups in total. The minimum atomic E-state index is -0.291. The first-order chi connectivity index (χ1) is 13.9. The third-order valence-electron chi connectivity index (χ3n) is 4.94. The van der Waals surface area contributed by atoms with E-state index in [4.69, 9.17) is 0 Å². The first-order valence-corrected chi connectivity index (χ1v) is 9.88. The lowest BCUT2D eigenvalue weighted by Gasteiger charge is -2.16. The first-order valence-electron chi connectivity index (χ1n) is 9.88. The summed E-state index contributed by atoms with van der Waals surface area (Å²) in [4.78, 5) is 32.7. The molecule has 4 nitrogen and oxygen atoms in total. The highest BCUT2D eigenvalue weighted by Gasteiger charge is 2.16. The third kappa shape index (κ3) is 4.43. The number of aromatic nitrogens is 1. The number of nitrogens with zero attached hydrogens (tertiary/aromatic N) is 1. The molecule has 3 aromatic rings. The Balaban J connectivity index is 2.07. The number of carbonyl (C=O) groups is 1. The van der Waals surface area contributed by atoms with E-state index in [1.54, 1.807) is 6.07 Å². The number of aromatic amines is 1. The van der Waals surface area contributed by atoms with Gasteiger partial charge in [-0.25, -0.2) is 0 Å². The standard InChI is InChI=1S/C25H26N2O2/c1-16(2)19-11-8-12-20(17(3)4)24(19)27-15-22(28)21-13-14-26-25(29)23(21)18-9-6-5-7-10-18/h5-17H,1-4H3,(H,26,29). The van der Waals surface area contributed by atoms with E-state index >= 15 is 0 Å². The van der Waals surface area contributed by atoms with Crippen LogP contribution in [0.2, 0.25) is 0 Å². The lowest BCUT2D eigenvalue weighted by Crippen LogP contribution is -2.15. The van der Waals surface area contributed by atoms with Crippen molar-refractivity contribution in [3.8, 4) is 11.1 Å². The third-order valence-corrected chi connectivity index (χ3v) is 4.94. The Hall–Kier alpha value is -3.27. The van der Waals surface area contributed by atoms with E-state index in [0.29, 0.717) is 16.7 Å². The first kappa shape index (κ1) is 20.5. The zero-order valence-electron chi connectivity index (χ0n) is 17.3. The number of hydrogen-bond acceptors (Lipinski definition) is 3. The van der Waals surface area contributed by atoms with Crippen molar-refractivity contribution < 1.29 is 4.79 Å². The normalized spacial score (nSPS) is 11.5. The molecule has 0 aliphatic heterocycles. The second-order valence-corrected chi connectivity index (χ2v) is 7.68. The molecule has 2 aromatic carbocycles. The maximum absolute atomic E-state index is 13.0. The zero-order valence-corrected chi connectivity index (χ0v) is 17.3. The summed E-state index contributed by atoms with van der Waals surface area (Å²) < 4.78 is 0. The van der Waals surface area contributed by atoms with Gasteiger partial charge in [0.15, 0.2) is 0 Å². The number of H-pyrrole nitrogens is 1. The molecular formula is C25H26N2O2. The molecule has 0 unspecified atom stereocenters. The van der Waals surface area contributed by atoms with E-state index in [2.05, 4.69) is 49.8 Å². The summed E-state index contributed by atoms with van der Waals surface area (Å²) in [5.74, 6) is 0.286. The van der Waals surface area contributed by atoms with Gasteiger partial charge < -0.3 is 4.98 Å². The van der Waals surface area contributed by atoms with Crippen LogP contribution >= 0.6 is 0 Å². The minimum absolute atomic E-state index is 0.287. The van der Waals surface area contributed by atoms with Crippen molar-refractivity contribution >= 4 is 17.7 Å². The number of nitrogens with one attached hydrogen (secondary N) is 1. The van der Waals surface area contributed by atoms with Crippen molar-refractivity contribution in [3.63, 3.8) is 0 Å². The molecule has 1 aromatic heterocycles. The van der Waals surface area contributed by atoms with Gasteiger partial charge in [0.25, 0.3) is 5.56 Å². The van der Waals surface area contributed by atoms with Gasteiger partial charge in [0.1, 0.15) is 0 Å². The lowest BCUT2D eigenvalue weighted by atomic mass is 9.93. The van der Waals surface area contributed by atoms with Crippen molar-refractivity contribution in [2.24, 2.45) is 4.99 Å². The quantitative estimate of drug-likeness (QED) is 0.425. The van der Waals surface area contributed by atoms with Crippen molar-refractivity contribution in [1.82, 2.24) is 4.98 Å². The van der Waals surface area contributed by atoms with Gasteiger partial charge in [-0.1, -0.05) is 76.2 Å². The molecule has 0 bridgehead atoms. The second kappa shape index (κ2) is 8.82. The number of benzene rings is 2. The molecule has 0 saturated carbocycles. The Morgan fingerprint density at radius 2 is 1.52 bits per heavy atom. The van der Waals surface area contributed by atoms with Crippen LogP contribution in [0.3, 0.4) is 0 Å². The Kier molecular flexibility index (Phi) is 6.23. The molecule has 4 heteroatoms. The number of aliphatic imine (C=N–C) groups is 1. The van der Waals surface area contributed by atoms with Gasteiger partial charge in [-0.2, -0.15) is 0 Å². The number of carbonyl (C=O) groups excluding carboxylic acids is 1. The molecule has 0 fully saturated rings. The highest BCUT2D eigenvalue weighted by Crippen LogP contribution is 2.34. The van der Waals surface area contributed by atoms with Gasteiger partial charge in [-0.05, 0) is 34.6 Å². The summed E-state index contributed by atoms with van der Waals surface area (Å²) in [7, 11) is 0. The van der Waals surface area contributed by atoms with E-state index in [-0.39, 0.29) is 23.2 Å². The Morgan fingerprint density at radius 1 is 0.897 bits per heavy atom. The average molecular weight is 386 g/mol. The summed E-state index contributed by atoms with van der Waals surface area (Å²) >= 11 is 0. The fourth-order valence-electron chi connectivity index (χ4n) is 3.43. The molecule has 0 spiro atoms. The highest BCUT2D eigenvalue weighted by molar-refractivity contribution is 6.37. The molecule has 29 heavy (non-hydrogen) atoms. The number of Topliss-reactive ketones (excluding diaryl/α,β-unsaturated/α-hetero) is 1. The van der Waals surface area contributed by atoms with E-state index < -0.39 is 0 Å². The number of rotatable bonds is 6. The molecule has 1 heterocycles. The summed E-state index contributed by atoms with van der Waals surface area (Å²) in [5.41, 5.74) is 4.18. The Bertz CT molecular complexity index is 1070. The smallest absolute Gasteiger partial charge is 0.256 e. The van der Waals surface area contributed by atoms with Crippen LogP contribution in [0, 0.1) is 0 Å². The molecule has 0 amide bonds. The van der Waals surface area contributed by atoms with Crippen LogP contribution < -0.4 is 5.56 Å². The Morgan fingerprint density at radius 3 is 2.10 bits per heavy atom. The van der Waals surface area contributed by atoms with Gasteiger partial charge >= 0.3 is 0 Å². The molecule has 0 radical (unpaired) electrons. The van der Waals surface area contributed by atoms with E-state index in [1.807, 2.05) is 36.4 Å². The summed E-state index contributed by atoms with van der Waals surface area (Å²) in [5, 5.41) is 0. The predicted molar refractivity (Wildman–Crippen MR) is 120 cm³/mol. The number of para-hydroxylation sites is 1. The fraction of sp³-hybridized carbons (Fsp3) is 0.240. The SMILES string of the molecule is CC(C)c1cccc(C(C)C)c1N=CC(=O)c1cc[nH]c(=O)c1-c1ccccc1. The van der Waals surface area contributed by atoms with Crippen LogP contribution in [-0.2, 0) is 0 Å². The van der Waals surface area contributed by atoms with Crippen molar-refractivity contribution in [3.05, 3.63) is 87.8 Å². The van der Waals surface area contributed by atoms with Crippen molar-refractivity contribution in [2.45, 2.75) is 39.5 Å². The van der Waals surface area contributed by atoms with E-state index in [9.17, 15) is 9.59 Å². The van der Waals surface area contributed by atoms with Crippen LogP contribution in [0.15, 0.2) is 70.6 Å². The van der Waals surface area contributed by atoms with Gasteiger partial charge in [-0.3, -0.25) is 14.6 Å². The maximum atomic E-state index is 13.0. The van der Waals surface area contributed by atoms with Crippen molar-refractivity contribution in [2.75, 3.05) is 0 Å². The van der Waals surface area contributed by atoms with Crippen molar-refractivity contribution in [1.29, 1.82) is 0 Å². The monoisotopic (exact) mass is 386 g/mol. The van der Waals surface area contributed by atoms with Crippen LogP contribution in [-0.4, -0.2) is 17.0 Å². The second-order valence-electron chi connectivity index (χ2n) is 7.68. The molecule has 0 aliphatic carbocycles. The summed E-state index contributed by atoms with van der Waals surface area (Å²) in [6.45, 7) is 8.46. The molecular weight excluding hydrogens is 360 g/mol. The minimum Gasteiger partial charge on any atom is -0.329 e. The van der Waals surface area contributed by atoms with Crippen LogP contribution in [0.4, 0.5) is 5.69 Å². The van der Waals surface area contributed by atoms with Gasteiger partial charge in [0.2, 0.25) is 5.78 Å². The molecule has 0 aliphatic rings. The fourth-order valence-corrected chi connectivity index (χ4v) is 3.43.